The van der Waals surface area contributed by atoms with E-state index in [0.29, 0.717) is 48.6 Å². The van der Waals surface area contributed by atoms with Crippen molar-refractivity contribution < 1.29 is 23.8 Å². The van der Waals surface area contributed by atoms with Gasteiger partial charge in [-0.3, -0.25) is 15.7 Å². The molecule has 1 atom stereocenters. The molecule has 1 aromatic carbocycles. The monoisotopic (exact) mass is 471 g/mol. The van der Waals surface area contributed by atoms with Crippen molar-refractivity contribution in [1.82, 2.24) is 25.4 Å². The van der Waals surface area contributed by atoms with E-state index in [2.05, 4.69) is 31.1 Å². The number of carbonyl (C=O) groups excluding carboxylic acids is 2. The van der Waals surface area contributed by atoms with Crippen LogP contribution in [0.5, 0.6) is 0 Å². The molecule has 1 fully saturated rings. The van der Waals surface area contributed by atoms with E-state index in [1.807, 2.05) is 0 Å². The van der Waals surface area contributed by atoms with Crippen LogP contribution in [0.25, 0.3) is 10.9 Å². The minimum atomic E-state index is -1.32. The summed E-state index contributed by atoms with van der Waals surface area (Å²) in [4.78, 5) is 30.9. The molecule has 2 aromatic heterocycles. The molecule has 3 heterocycles. The van der Waals surface area contributed by atoms with Gasteiger partial charge in [0.15, 0.2) is 5.82 Å². The molecule has 4 rings (SSSR count). The van der Waals surface area contributed by atoms with Gasteiger partial charge in [0, 0.05) is 25.4 Å². The van der Waals surface area contributed by atoms with Crippen molar-refractivity contribution in [2.45, 2.75) is 25.5 Å². The second-order valence-electron chi connectivity index (χ2n) is 8.45. The van der Waals surface area contributed by atoms with Gasteiger partial charge in [-0.25, -0.2) is 19.0 Å². The minimum absolute atomic E-state index is 0.230. The summed E-state index contributed by atoms with van der Waals surface area (Å²) < 4.78 is 18.5. The molecule has 0 bridgehead atoms. The van der Waals surface area contributed by atoms with Crippen molar-refractivity contribution in [2.75, 3.05) is 36.9 Å². The van der Waals surface area contributed by atoms with Crippen molar-refractivity contribution in [3.63, 3.8) is 0 Å². The van der Waals surface area contributed by atoms with Gasteiger partial charge >= 0.3 is 12.1 Å². The fraction of sp³-hybridized carbons (Fsp3) is 0.364. The highest BCUT2D eigenvalue weighted by molar-refractivity contribution is 6.00. The smallest absolute Gasteiger partial charge is 0.323 e. The summed E-state index contributed by atoms with van der Waals surface area (Å²) in [6.45, 7) is 5.07. The summed E-state index contributed by atoms with van der Waals surface area (Å²) in [5, 5.41) is 26.1. The van der Waals surface area contributed by atoms with Gasteiger partial charge in [-0.1, -0.05) is 12.1 Å². The number of rotatable bonds is 5. The second kappa shape index (κ2) is 9.61. The number of aromatic amines is 1. The Kier molecular flexibility index (Phi) is 6.61. The number of nitrogens with one attached hydrogen (secondary N) is 4. The average molecular weight is 471 g/mol. The molecule has 4 amide bonds. The number of hydrogen-bond donors (Lipinski definition) is 5. The SMILES string of the molecule is CC(C)(O)C(NC(=O)Nc1cc2[nH]nc(NC(=O)N3CCOCC3)c2cn1)c1ccc(F)cc1. The highest BCUT2D eigenvalue weighted by atomic mass is 19.1. The van der Waals surface area contributed by atoms with Crippen LogP contribution in [0.4, 0.5) is 25.6 Å². The molecule has 1 unspecified atom stereocenters. The minimum Gasteiger partial charge on any atom is -0.388 e. The van der Waals surface area contributed by atoms with Crippen LogP contribution in [0, 0.1) is 5.82 Å². The topological polar surface area (TPSA) is 144 Å². The van der Waals surface area contributed by atoms with Crippen molar-refractivity contribution in [2.24, 2.45) is 0 Å². The Morgan fingerprint density at radius 2 is 1.91 bits per heavy atom. The molecule has 1 aliphatic heterocycles. The quantitative estimate of drug-likeness (QED) is 0.387. The zero-order valence-corrected chi connectivity index (χ0v) is 18.8. The number of aromatic nitrogens is 3. The number of hydrogen-bond acceptors (Lipinski definition) is 6. The Bertz CT molecular complexity index is 1170. The maximum Gasteiger partial charge on any atom is 0.323 e. The molecule has 5 N–H and O–H groups in total. The summed E-state index contributed by atoms with van der Waals surface area (Å²) in [6.07, 6.45) is 1.48. The first kappa shape index (κ1) is 23.4. The molecule has 180 valence electrons. The summed E-state index contributed by atoms with van der Waals surface area (Å²) in [5.74, 6) is 0.141. The van der Waals surface area contributed by atoms with E-state index < -0.39 is 23.5 Å². The molecule has 1 saturated heterocycles. The molecule has 34 heavy (non-hydrogen) atoms. The van der Waals surface area contributed by atoms with Gasteiger partial charge in [-0.05, 0) is 31.5 Å². The Morgan fingerprint density at radius 1 is 1.21 bits per heavy atom. The molecule has 3 aromatic rings. The maximum atomic E-state index is 13.3. The van der Waals surface area contributed by atoms with Crippen molar-refractivity contribution in [3.05, 3.63) is 47.9 Å². The molecule has 0 aliphatic carbocycles. The number of carbonyl (C=O) groups is 2. The lowest BCUT2D eigenvalue weighted by Crippen LogP contribution is -2.44. The fourth-order valence-electron chi connectivity index (χ4n) is 3.63. The van der Waals surface area contributed by atoms with Gasteiger partial charge in [0.05, 0.1) is 35.8 Å². The number of morpholine rings is 1. The van der Waals surface area contributed by atoms with Crippen LogP contribution in [-0.2, 0) is 4.74 Å². The van der Waals surface area contributed by atoms with Crippen LogP contribution in [0.15, 0.2) is 36.5 Å². The van der Waals surface area contributed by atoms with E-state index in [0.717, 1.165) is 0 Å². The Morgan fingerprint density at radius 3 is 2.59 bits per heavy atom. The van der Waals surface area contributed by atoms with Crippen LogP contribution in [0.2, 0.25) is 0 Å². The number of ether oxygens (including phenoxy) is 1. The molecule has 11 nitrogen and oxygen atoms in total. The number of urea groups is 2. The number of aliphatic hydroxyl groups is 1. The van der Waals surface area contributed by atoms with E-state index in [9.17, 15) is 19.1 Å². The number of anilines is 2. The molecule has 0 spiro atoms. The molecule has 12 heteroatoms. The maximum absolute atomic E-state index is 13.3. The first-order valence-electron chi connectivity index (χ1n) is 10.7. The van der Waals surface area contributed by atoms with Crippen LogP contribution in [0.1, 0.15) is 25.5 Å². The molecule has 0 saturated carbocycles. The molecular formula is C22H26FN7O4. The van der Waals surface area contributed by atoms with Crippen LogP contribution < -0.4 is 16.0 Å². The number of pyridine rings is 1. The number of fused-ring (bicyclic) bond motifs is 1. The number of benzene rings is 1. The third-order valence-corrected chi connectivity index (χ3v) is 5.40. The van der Waals surface area contributed by atoms with E-state index in [1.54, 1.807) is 24.8 Å². The molecular weight excluding hydrogens is 445 g/mol. The summed E-state index contributed by atoms with van der Waals surface area (Å²) in [7, 11) is 0. The lowest BCUT2D eigenvalue weighted by molar-refractivity contribution is 0.0415. The highest BCUT2D eigenvalue weighted by Crippen LogP contribution is 2.26. The predicted molar refractivity (Wildman–Crippen MR) is 123 cm³/mol. The highest BCUT2D eigenvalue weighted by Gasteiger charge is 2.30. The van der Waals surface area contributed by atoms with Crippen molar-refractivity contribution in [1.29, 1.82) is 0 Å². The van der Waals surface area contributed by atoms with E-state index in [-0.39, 0.29) is 11.8 Å². The third kappa shape index (κ3) is 5.41. The summed E-state index contributed by atoms with van der Waals surface area (Å²) in [5.41, 5.74) is -0.217. The van der Waals surface area contributed by atoms with Crippen molar-refractivity contribution in [3.8, 4) is 0 Å². The fourth-order valence-corrected chi connectivity index (χ4v) is 3.63. The van der Waals surface area contributed by atoms with Crippen molar-refractivity contribution >= 4 is 34.6 Å². The van der Waals surface area contributed by atoms with Gasteiger partial charge in [-0.15, -0.1) is 0 Å². The van der Waals surface area contributed by atoms with Crippen LogP contribution >= 0.6 is 0 Å². The molecule has 0 radical (unpaired) electrons. The largest absolute Gasteiger partial charge is 0.388 e. The first-order chi connectivity index (χ1) is 16.2. The number of H-pyrrole nitrogens is 1. The third-order valence-electron chi connectivity index (χ3n) is 5.40. The van der Waals surface area contributed by atoms with E-state index >= 15 is 0 Å². The Balaban J connectivity index is 1.44. The zero-order valence-electron chi connectivity index (χ0n) is 18.8. The van der Waals surface area contributed by atoms with Crippen LogP contribution in [-0.4, -0.2) is 69.2 Å². The molecule has 1 aliphatic rings. The second-order valence-corrected chi connectivity index (χ2v) is 8.45. The summed E-state index contributed by atoms with van der Waals surface area (Å²) >= 11 is 0. The van der Waals surface area contributed by atoms with E-state index in [1.165, 1.54) is 30.5 Å². The van der Waals surface area contributed by atoms with E-state index in [4.69, 9.17) is 4.74 Å². The average Bonchev–Trinajstić information content (AvgIpc) is 3.20. The normalized spacial score (nSPS) is 15.1. The van der Waals surface area contributed by atoms with Gasteiger partial charge in [-0.2, -0.15) is 5.10 Å². The summed E-state index contributed by atoms with van der Waals surface area (Å²) in [6, 6.07) is 5.41. The lowest BCUT2D eigenvalue weighted by atomic mass is 9.92. The van der Waals surface area contributed by atoms with Gasteiger partial charge in [0.2, 0.25) is 0 Å². The van der Waals surface area contributed by atoms with Gasteiger partial charge in [0.25, 0.3) is 0 Å². The van der Waals surface area contributed by atoms with Gasteiger partial charge < -0.3 is 20.1 Å². The predicted octanol–water partition coefficient (Wildman–Crippen LogP) is 2.59. The Labute approximate surface area is 194 Å². The Hall–Kier alpha value is -3.77. The van der Waals surface area contributed by atoms with Crippen LogP contribution in [0.3, 0.4) is 0 Å². The standard InChI is InChI=1S/C22H26FN7O4/c1-22(2,33)18(13-3-5-14(23)6-4-13)26-20(31)25-17-11-16-15(12-24-17)19(29-28-16)27-21(32)30-7-9-34-10-8-30/h3-6,11-12,18,33H,7-10H2,1-2H3,(H2,24,25,26,31)(H2,27,28,29,32). The zero-order chi connectivity index (χ0) is 24.3. The van der Waals surface area contributed by atoms with Gasteiger partial charge in [0.1, 0.15) is 11.6 Å². The number of nitrogens with zero attached hydrogens (tertiary/aromatic N) is 3. The first-order valence-corrected chi connectivity index (χ1v) is 10.7. The lowest BCUT2D eigenvalue weighted by Gasteiger charge is -2.30. The number of amides is 4. The number of halogens is 1.